The van der Waals surface area contributed by atoms with Gasteiger partial charge in [-0.15, -0.1) is 0 Å². The Morgan fingerprint density at radius 3 is 2.55 bits per heavy atom. The van der Waals surface area contributed by atoms with Crippen LogP contribution in [0.5, 0.6) is 0 Å². The zero-order chi connectivity index (χ0) is 15.5. The molecule has 0 aliphatic rings. The fraction of sp³-hybridized carbons (Fsp3) is 0.364. The van der Waals surface area contributed by atoms with Gasteiger partial charge in [0.15, 0.2) is 0 Å². The predicted molar refractivity (Wildman–Crippen MR) is 78.7 cm³/mol. The normalized spacial score (nSPS) is 14.6. The lowest BCUT2D eigenvalue weighted by atomic mass is 10.2. The molecule has 2 unspecified atom stereocenters. The van der Waals surface area contributed by atoms with Crippen LogP contribution in [-0.2, 0) is 20.8 Å². The molecule has 0 saturated heterocycles. The van der Waals surface area contributed by atoms with Gasteiger partial charge in [-0.05, 0) is 25.1 Å². The number of nitrogens with one attached hydrogen (secondary N) is 1. The molecule has 0 spiro atoms. The number of amides is 1. The van der Waals surface area contributed by atoms with Gasteiger partial charge in [0.1, 0.15) is 0 Å². The second kappa shape index (κ2) is 6.66. The van der Waals surface area contributed by atoms with Crippen LogP contribution in [0.15, 0.2) is 23.1 Å². The average Bonchev–Trinajstić information content (AvgIpc) is 2.25. The molecule has 1 aromatic rings. The Morgan fingerprint density at radius 2 is 2.05 bits per heavy atom. The largest absolute Gasteiger partial charge is 0.349 e. The maximum Gasteiger partial charge on any atom is 0.251 e. The van der Waals surface area contributed by atoms with Crippen molar-refractivity contribution < 1.29 is 17.4 Å². The van der Waals surface area contributed by atoms with Gasteiger partial charge < -0.3 is 5.32 Å². The van der Waals surface area contributed by atoms with E-state index in [0.29, 0.717) is 5.75 Å². The molecular weight excluding hydrogens is 324 g/mol. The Morgan fingerprint density at radius 1 is 1.45 bits per heavy atom. The highest BCUT2D eigenvalue weighted by atomic mass is 35.5. The third-order valence-corrected chi connectivity index (χ3v) is 4.40. The molecule has 1 aromatic carbocycles. The number of carbonyl (C=O) groups excluding carboxylic acids is 1. The van der Waals surface area contributed by atoms with Crippen LogP contribution in [0.3, 0.4) is 0 Å². The SMILES string of the molecule is CC(CS(C)=O)NC(=O)c1cc(Cl)cc(S(N)(=O)=O)c1. The lowest BCUT2D eigenvalue weighted by molar-refractivity contribution is 0.0943. The zero-order valence-electron chi connectivity index (χ0n) is 10.9. The van der Waals surface area contributed by atoms with Crippen molar-refractivity contribution in [1.29, 1.82) is 0 Å². The summed E-state index contributed by atoms with van der Waals surface area (Å²) in [4.78, 5) is 11.7. The van der Waals surface area contributed by atoms with Crippen molar-refractivity contribution in [2.24, 2.45) is 5.14 Å². The van der Waals surface area contributed by atoms with E-state index in [2.05, 4.69) is 5.32 Å². The van der Waals surface area contributed by atoms with E-state index in [1.807, 2.05) is 0 Å². The van der Waals surface area contributed by atoms with Crippen molar-refractivity contribution in [3.63, 3.8) is 0 Å². The molecule has 2 atom stereocenters. The van der Waals surface area contributed by atoms with E-state index < -0.39 is 26.7 Å². The molecule has 0 aliphatic carbocycles. The highest BCUT2D eigenvalue weighted by Gasteiger charge is 2.16. The Kier molecular flexibility index (Phi) is 5.69. The fourth-order valence-corrected chi connectivity index (χ4v) is 3.23. The molecule has 20 heavy (non-hydrogen) atoms. The van der Waals surface area contributed by atoms with Crippen LogP contribution in [0, 0.1) is 0 Å². The van der Waals surface area contributed by atoms with Gasteiger partial charge >= 0.3 is 0 Å². The molecule has 0 heterocycles. The Labute approximate surface area is 125 Å². The minimum Gasteiger partial charge on any atom is -0.349 e. The van der Waals surface area contributed by atoms with Crippen LogP contribution in [0.4, 0.5) is 0 Å². The van der Waals surface area contributed by atoms with Crippen LogP contribution in [0.2, 0.25) is 5.02 Å². The number of nitrogens with two attached hydrogens (primary N) is 1. The number of hydrogen-bond acceptors (Lipinski definition) is 4. The van der Waals surface area contributed by atoms with Gasteiger partial charge in [0, 0.05) is 39.4 Å². The summed E-state index contributed by atoms with van der Waals surface area (Å²) in [5.41, 5.74) is 0.0789. The molecule has 0 radical (unpaired) electrons. The van der Waals surface area contributed by atoms with Crippen LogP contribution < -0.4 is 10.5 Å². The Hall–Kier alpha value is -0.960. The van der Waals surface area contributed by atoms with Crippen molar-refractivity contribution in [3.05, 3.63) is 28.8 Å². The highest BCUT2D eigenvalue weighted by Crippen LogP contribution is 2.18. The molecule has 112 valence electrons. The van der Waals surface area contributed by atoms with Gasteiger partial charge in [0.25, 0.3) is 5.91 Å². The van der Waals surface area contributed by atoms with E-state index in [4.69, 9.17) is 16.7 Å². The van der Waals surface area contributed by atoms with E-state index in [-0.39, 0.29) is 21.5 Å². The quantitative estimate of drug-likeness (QED) is 0.814. The second-order valence-corrected chi connectivity index (χ2v) is 7.81. The van der Waals surface area contributed by atoms with Gasteiger partial charge in [-0.3, -0.25) is 9.00 Å². The summed E-state index contributed by atoms with van der Waals surface area (Å²) in [5, 5.41) is 7.70. The lowest BCUT2D eigenvalue weighted by Gasteiger charge is -2.13. The number of carbonyl (C=O) groups is 1. The van der Waals surface area contributed by atoms with Gasteiger partial charge in [0.2, 0.25) is 10.0 Å². The predicted octanol–water partition coefficient (Wildman–Crippen LogP) is 0.484. The minimum absolute atomic E-state index is 0.0789. The van der Waals surface area contributed by atoms with Crippen molar-refractivity contribution >= 4 is 38.3 Å². The maximum absolute atomic E-state index is 12.0. The van der Waals surface area contributed by atoms with Gasteiger partial charge in [-0.25, -0.2) is 13.6 Å². The molecule has 0 fully saturated rings. The van der Waals surface area contributed by atoms with Gasteiger partial charge in [0.05, 0.1) is 4.90 Å². The topological polar surface area (TPSA) is 106 Å². The highest BCUT2D eigenvalue weighted by molar-refractivity contribution is 7.89. The first-order valence-corrected chi connectivity index (χ1v) is 9.19. The summed E-state index contributed by atoms with van der Waals surface area (Å²) in [6.07, 6.45) is 1.53. The van der Waals surface area contributed by atoms with Crippen LogP contribution >= 0.6 is 11.6 Å². The summed E-state index contributed by atoms with van der Waals surface area (Å²) in [5.74, 6) is -0.204. The zero-order valence-corrected chi connectivity index (χ0v) is 13.3. The Bertz CT molecular complexity index is 646. The Balaban J connectivity index is 2.99. The number of halogens is 1. The first-order valence-electron chi connectivity index (χ1n) is 5.54. The van der Waals surface area contributed by atoms with Crippen molar-refractivity contribution in [1.82, 2.24) is 5.32 Å². The molecule has 6 nitrogen and oxygen atoms in total. The summed E-state index contributed by atoms with van der Waals surface area (Å²) in [6.45, 7) is 1.70. The van der Waals surface area contributed by atoms with E-state index in [1.54, 1.807) is 6.92 Å². The van der Waals surface area contributed by atoms with Crippen LogP contribution in [0.1, 0.15) is 17.3 Å². The molecular formula is C11H15ClN2O4S2. The standard InChI is InChI=1S/C11H15ClN2O4S2/c1-7(6-19(2)16)14-11(15)8-3-9(12)5-10(4-8)20(13,17)18/h3-5,7H,6H2,1-2H3,(H,14,15)(H2,13,17,18). The summed E-state index contributed by atoms with van der Waals surface area (Å²) < 4.78 is 33.6. The van der Waals surface area contributed by atoms with E-state index in [0.717, 1.165) is 12.1 Å². The number of rotatable bonds is 5. The molecule has 1 amide bonds. The molecule has 0 bridgehead atoms. The summed E-state index contributed by atoms with van der Waals surface area (Å²) >= 11 is 5.77. The molecule has 9 heteroatoms. The monoisotopic (exact) mass is 338 g/mol. The molecule has 3 N–H and O–H groups in total. The minimum atomic E-state index is -3.94. The van der Waals surface area contributed by atoms with E-state index in [9.17, 15) is 17.4 Å². The smallest absolute Gasteiger partial charge is 0.251 e. The third kappa shape index (κ3) is 5.20. The maximum atomic E-state index is 12.0. The van der Waals surface area contributed by atoms with Crippen molar-refractivity contribution in [2.75, 3.05) is 12.0 Å². The number of hydrogen-bond donors (Lipinski definition) is 2. The van der Waals surface area contributed by atoms with E-state index >= 15 is 0 Å². The van der Waals surface area contributed by atoms with Crippen LogP contribution in [0.25, 0.3) is 0 Å². The average molecular weight is 339 g/mol. The number of benzene rings is 1. The van der Waals surface area contributed by atoms with Crippen molar-refractivity contribution in [3.8, 4) is 0 Å². The number of primary sulfonamides is 1. The first-order chi connectivity index (χ1) is 9.09. The van der Waals surface area contributed by atoms with Crippen LogP contribution in [-0.4, -0.2) is 36.6 Å². The van der Waals surface area contributed by atoms with Gasteiger partial charge in [-0.1, -0.05) is 11.6 Å². The van der Waals surface area contributed by atoms with Gasteiger partial charge in [-0.2, -0.15) is 0 Å². The lowest BCUT2D eigenvalue weighted by Crippen LogP contribution is -2.36. The molecule has 0 aliphatic heterocycles. The molecule has 0 saturated carbocycles. The molecule has 1 rings (SSSR count). The first kappa shape index (κ1) is 17.1. The summed E-state index contributed by atoms with van der Waals surface area (Å²) in [6, 6.07) is 3.33. The second-order valence-electron chi connectivity index (χ2n) is 4.33. The summed E-state index contributed by atoms with van der Waals surface area (Å²) in [7, 11) is -4.99. The third-order valence-electron chi connectivity index (χ3n) is 2.32. The molecule has 0 aromatic heterocycles. The van der Waals surface area contributed by atoms with Crippen molar-refractivity contribution in [2.45, 2.75) is 17.9 Å². The van der Waals surface area contributed by atoms with E-state index in [1.165, 1.54) is 12.3 Å². The number of sulfonamides is 1. The fourth-order valence-electron chi connectivity index (χ4n) is 1.56.